The van der Waals surface area contributed by atoms with Crippen molar-refractivity contribution in [3.8, 4) is 0 Å². The molecular weight excluding hydrogens is 258 g/mol. The minimum absolute atomic E-state index is 0.186. The number of anilines is 1. The number of nitrogens with zero attached hydrogens (tertiary/aromatic N) is 4. The number of aromatic nitrogens is 2. The van der Waals surface area contributed by atoms with E-state index < -0.39 is 0 Å². The lowest BCUT2D eigenvalue weighted by Crippen LogP contribution is -2.28. The van der Waals surface area contributed by atoms with Crippen molar-refractivity contribution in [1.82, 2.24) is 15.1 Å². The molecule has 1 aromatic rings. The smallest absolute Gasteiger partial charge is 0.333 e. The summed E-state index contributed by atoms with van der Waals surface area (Å²) in [7, 11) is 0. The first-order chi connectivity index (χ1) is 9.61. The van der Waals surface area contributed by atoms with Crippen molar-refractivity contribution in [3.05, 3.63) is 15.8 Å². The monoisotopic (exact) mass is 279 g/mol. The van der Waals surface area contributed by atoms with E-state index in [2.05, 4.69) is 22.2 Å². The van der Waals surface area contributed by atoms with E-state index in [1.807, 2.05) is 4.68 Å². The van der Waals surface area contributed by atoms with Crippen LogP contribution >= 0.6 is 0 Å². The minimum Gasteiger partial charge on any atom is -0.350 e. The zero-order chi connectivity index (χ0) is 14.3. The fraction of sp³-hybridized carbons (Fsp3) is 0.769. The molecule has 7 heteroatoms. The molecule has 0 aliphatic carbocycles. The largest absolute Gasteiger partial charge is 0.350 e. The van der Waals surface area contributed by atoms with Crippen LogP contribution in [0.3, 0.4) is 0 Å². The van der Waals surface area contributed by atoms with E-state index in [4.69, 9.17) is 0 Å². The molecule has 0 bridgehead atoms. The van der Waals surface area contributed by atoms with Gasteiger partial charge in [-0.1, -0.05) is 6.92 Å². The van der Waals surface area contributed by atoms with Crippen LogP contribution in [-0.2, 0) is 6.54 Å². The van der Waals surface area contributed by atoms with Gasteiger partial charge in [-0.3, -0.25) is 10.1 Å². The molecule has 1 N–H and O–H groups in total. The van der Waals surface area contributed by atoms with Crippen molar-refractivity contribution in [1.29, 1.82) is 0 Å². The zero-order valence-electron chi connectivity index (χ0n) is 12.0. The summed E-state index contributed by atoms with van der Waals surface area (Å²) >= 11 is 0. The Kier molecular flexibility index (Phi) is 3.37. The molecule has 1 aromatic heterocycles. The number of aryl methyl sites for hydroxylation is 2. The third-order valence-corrected chi connectivity index (χ3v) is 4.38. The van der Waals surface area contributed by atoms with Gasteiger partial charge >= 0.3 is 5.69 Å². The molecule has 2 fully saturated rings. The topological polar surface area (TPSA) is 76.2 Å². The molecule has 2 aliphatic heterocycles. The van der Waals surface area contributed by atoms with Crippen LogP contribution < -0.4 is 10.2 Å². The number of hydrogen-bond acceptors (Lipinski definition) is 5. The third kappa shape index (κ3) is 2.06. The molecule has 0 radical (unpaired) electrons. The van der Waals surface area contributed by atoms with Gasteiger partial charge in [-0.15, -0.1) is 0 Å². The Bertz CT molecular complexity index is 515. The van der Waals surface area contributed by atoms with Crippen LogP contribution in [0.4, 0.5) is 11.5 Å². The Balaban J connectivity index is 1.96. The maximum atomic E-state index is 11.4. The molecule has 7 nitrogen and oxygen atoms in total. The molecule has 110 valence electrons. The standard InChI is InChI=1S/C13H21N5O2/c1-3-4-17-13(12(18(19)20)9(2)15-17)16-7-10-5-14-6-11(10)8-16/h10-11,14H,3-8H2,1-2H3/t10-,11+. The van der Waals surface area contributed by atoms with Gasteiger partial charge in [-0.25, -0.2) is 4.68 Å². The first-order valence-electron chi connectivity index (χ1n) is 7.29. The first kappa shape index (κ1) is 13.4. The summed E-state index contributed by atoms with van der Waals surface area (Å²) in [4.78, 5) is 13.3. The van der Waals surface area contributed by atoms with Gasteiger partial charge in [0.05, 0.1) is 4.92 Å². The molecule has 0 saturated carbocycles. The molecule has 3 rings (SSSR count). The van der Waals surface area contributed by atoms with Crippen LogP contribution in [0.25, 0.3) is 0 Å². The highest BCUT2D eigenvalue weighted by Gasteiger charge is 2.40. The number of nitro groups is 1. The lowest BCUT2D eigenvalue weighted by molar-refractivity contribution is -0.384. The quantitative estimate of drug-likeness (QED) is 0.661. The van der Waals surface area contributed by atoms with Crippen molar-refractivity contribution < 1.29 is 4.92 Å². The summed E-state index contributed by atoms with van der Waals surface area (Å²) in [6.45, 7) is 8.36. The second-order valence-corrected chi connectivity index (χ2v) is 5.82. The Labute approximate surface area is 118 Å². The average molecular weight is 279 g/mol. The SMILES string of the molecule is CCCn1nc(C)c([N+](=O)[O-])c1N1C[C@H]2CNC[C@H]2C1. The van der Waals surface area contributed by atoms with E-state index in [9.17, 15) is 10.1 Å². The predicted molar refractivity (Wildman–Crippen MR) is 76.0 cm³/mol. The number of rotatable bonds is 4. The van der Waals surface area contributed by atoms with Gasteiger partial charge < -0.3 is 10.2 Å². The van der Waals surface area contributed by atoms with E-state index in [0.717, 1.165) is 39.1 Å². The van der Waals surface area contributed by atoms with Crippen molar-refractivity contribution in [2.75, 3.05) is 31.1 Å². The van der Waals surface area contributed by atoms with E-state index in [-0.39, 0.29) is 10.6 Å². The Morgan fingerprint density at radius 1 is 1.40 bits per heavy atom. The van der Waals surface area contributed by atoms with Crippen molar-refractivity contribution in [2.24, 2.45) is 11.8 Å². The predicted octanol–water partition coefficient (Wildman–Crippen LogP) is 1.17. The molecular formula is C13H21N5O2. The average Bonchev–Trinajstić information content (AvgIpc) is 3.01. The van der Waals surface area contributed by atoms with Gasteiger partial charge in [-0.2, -0.15) is 5.10 Å². The zero-order valence-corrected chi connectivity index (χ0v) is 12.0. The minimum atomic E-state index is -0.282. The molecule has 2 aliphatic rings. The van der Waals surface area contributed by atoms with E-state index in [0.29, 0.717) is 23.3 Å². The number of nitrogens with one attached hydrogen (secondary N) is 1. The van der Waals surface area contributed by atoms with Crippen LogP contribution in [0.15, 0.2) is 0 Å². The van der Waals surface area contributed by atoms with Crippen LogP contribution in [0, 0.1) is 28.9 Å². The molecule has 0 amide bonds. The summed E-state index contributed by atoms with van der Waals surface area (Å²) in [6, 6.07) is 0. The number of hydrogen-bond donors (Lipinski definition) is 1. The highest BCUT2D eigenvalue weighted by Crippen LogP contribution is 2.37. The molecule has 2 atom stereocenters. The third-order valence-electron chi connectivity index (χ3n) is 4.38. The highest BCUT2D eigenvalue weighted by atomic mass is 16.6. The first-order valence-corrected chi connectivity index (χ1v) is 7.29. The number of fused-ring (bicyclic) bond motifs is 1. The molecule has 0 unspecified atom stereocenters. The van der Waals surface area contributed by atoms with Crippen LogP contribution in [0.2, 0.25) is 0 Å². The maximum absolute atomic E-state index is 11.4. The van der Waals surface area contributed by atoms with Gasteiger partial charge in [0.1, 0.15) is 5.69 Å². The van der Waals surface area contributed by atoms with Crippen molar-refractivity contribution in [3.63, 3.8) is 0 Å². The van der Waals surface area contributed by atoms with Gasteiger partial charge in [0, 0.05) is 32.7 Å². The molecule has 0 aromatic carbocycles. The Morgan fingerprint density at radius 3 is 2.60 bits per heavy atom. The van der Waals surface area contributed by atoms with E-state index in [1.54, 1.807) is 6.92 Å². The summed E-state index contributed by atoms with van der Waals surface area (Å²) in [5, 5.41) is 19.2. The van der Waals surface area contributed by atoms with Crippen molar-refractivity contribution >= 4 is 11.5 Å². The summed E-state index contributed by atoms with van der Waals surface area (Å²) < 4.78 is 1.82. The fourth-order valence-electron chi connectivity index (χ4n) is 3.48. The van der Waals surface area contributed by atoms with Gasteiger partial charge in [0.2, 0.25) is 5.82 Å². The van der Waals surface area contributed by atoms with Crippen LogP contribution in [0.5, 0.6) is 0 Å². The summed E-state index contributed by atoms with van der Waals surface area (Å²) in [6.07, 6.45) is 0.924. The van der Waals surface area contributed by atoms with E-state index >= 15 is 0 Å². The molecule has 20 heavy (non-hydrogen) atoms. The summed E-state index contributed by atoms with van der Waals surface area (Å²) in [5.74, 6) is 1.93. The molecule has 2 saturated heterocycles. The Morgan fingerprint density at radius 2 is 2.05 bits per heavy atom. The van der Waals surface area contributed by atoms with Gasteiger partial charge in [0.25, 0.3) is 0 Å². The summed E-state index contributed by atoms with van der Waals surface area (Å²) in [5.41, 5.74) is 0.708. The van der Waals surface area contributed by atoms with Crippen LogP contribution in [0.1, 0.15) is 19.0 Å². The van der Waals surface area contributed by atoms with Crippen LogP contribution in [-0.4, -0.2) is 40.9 Å². The molecule has 3 heterocycles. The second-order valence-electron chi connectivity index (χ2n) is 5.82. The maximum Gasteiger partial charge on any atom is 0.333 e. The van der Waals surface area contributed by atoms with Gasteiger partial charge in [0.15, 0.2) is 0 Å². The lowest BCUT2D eigenvalue weighted by atomic mass is 10.0. The fourth-order valence-corrected chi connectivity index (χ4v) is 3.48. The van der Waals surface area contributed by atoms with Gasteiger partial charge in [-0.05, 0) is 25.2 Å². The lowest BCUT2D eigenvalue weighted by Gasteiger charge is -2.19. The van der Waals surface area contributed by atoms with E-state index in [1.165, 1.54) is 0 Å². The van der Waals surface area contributed by atoms with Crippen molar-refractivity contribution in [2.45, 2.75) is 26.8 Å². The highest BCUT2D eigenvalue weighted by molar-refractivity contribution is 5.62. The second kappa shape index (κ2) is 5.05. The molecule has 0 spiro atoms. The Hall–Kier alpha value is -1.63. The normalized spacial score (nSPS) is 25.2.